The molecule has 0 saturated heterocycles. The summed E-state index contributed by atoms with van der Waals surface area (Å²) in [4.78, 5) is 22.8. The van der Waals surface area contributed by atoms with Gasteiger partial charge in [0.05, 0.1) is 6.54 Å². The van der Waals surface area contributed by atoms with E-state index >= 15 is 0 Å². The zero-order chi connectivity index (χ0) is 17.4. The van der Waals surface area contributed by atoms with Gasteiger partial charge in [0, 0.05) is 13.1 Å². The van der Waals surface area contributed by atoms with E-state index in [0.717, 1.165) is 12.0 Å². The minimum Gasteiger partial charge on any atom is -0.341 e. The highest BCUT2D eigenvalue weighted by molar-refractivity contribution is 5.95. The third-order valence-electron chi connectivity index (χ3n) is 4.11. The van der Waals surface area contributed by atoms with Crippen LogP contribution in [-0.2, 0) is 4.79 Å². The lowest BCUT2D eigenvalue weighted by Crippen LogP contribution is -2.43. The first kappa shape index (κ1) is 19.2. The smallest absolute Gasteiger partial charge is 0.321 e. The van der Waals surface area contributed by atoms with E-state index in [9.17, 15) is 9.59 Å². The maximum absolute atomic E-state index is 11.7. The lowest BCUT2D eigenvalue weighted by atomic mass is 9.92. The SMILES string of the molecule is CC[C@H](C)c1ccc([C@H](NCC(=O)NC(=O)NC)C(C)C)cc1. The van der Waals surface area contributed by atoms with E-state index in [0.29, 0.717) is 11.8 Å². The monoisotopic (exact) mass is 319 g/mol. The molecule has 0 unspecified atom stereocenters. The van der Waals surface area contributed by atoms with Gasteiger partial charge in [-0.15, -0.1) is 0 Å². The third-order valence-corrected chi connectivity index (χ3v) is 4.11. The van der Waals surface area contributed by atoms with Crippen LogP contribution in [0.25, 0.3) is 0 Å². The Bertz CT molecular complexity index is 512. The summed E-state index contributed by atoms with van der Waals surface area (Å²) >= 11 is 0. The molecule has 2 atom stereocenters. The molecule has 0 saturated carbocycles. The van der Waals surface area contributed by atoms with Gasteiger partial charge < -0.3 is 10.6 Å². The molecule has 0 aliphatic heterocycles. The molecule has 1 aromatic carbocycles. The van der Waals surface area contributed by atoms with Crippen LogP contribution in [-0.4, -0.2) is 25.5 Å². The molecule has 0 spiro atoms. The quantitative estimate of drug-likeness (QED) is 0.723. The maximum Gasteiger partial charge on any atom is 0.321 e. The Morgan fingerprint density at radius 3 is 2.09 bits per heavy atom. The molecule has 0 aromatic heterocycles. The van der Waals surface area contributed by atoms with E-state index < -0.39 is 6.03 Å². The zero-order valence-electron chi connectivity index (χ0n) is 14.8. The molecule has 3 N–H and O–H groups in total. The van der Waals surface area contributed by atoms with Crippen molar-refractivity contribution in [3.8, 4) is 0 Å². The Hall–Kier alpha value is -1.88. The van der Waals surface area contributed by atoms with Crippen molar-refractivity contribution in [3.63, 3.8) is 0 Å². The van der Waals surface area contributed by atoms with E-state index in [1.54, 1.807) is 0 Å². The van der Waals surface area contributed by atoms with Crippen LogP contribution in [0.4, 0.5) is 4.79 Å². The Labute approximate surface area is 139 Å². The fourth-order valence-electron chi connectivity index (χ4n) is 2.44. The van der Waals surface area contributed by atoms with Gasteiger partial charge in [0.2, 0.25) is 5.91 Å². The average molecular weight is 319 g/mol. The van der Waals surface area contributed by atoms with Crippen molar-refractivity contribution in [2.24, 2.45) is 5.92 Å². The highest BCUT2D eigenvalue weighted by Gasteiger charge is 2.17. The van der Waals surface area contributed by atoms with Gasteiger partial charge in [-0.25, -0.2) is 4.79 Å². The van der Waals surface area contributed by atoms with Crippen LogP contribution in [0, 0.1) is 5.92 Å². The number of rotatable bonds is 7. The van der Waals surface area contributed by atoms with Gasteiger partial charge in [-0.3, -0.25) is 10.1 Å². The van der Waals surface area contributed by atoms with Crippen molar-refractivity contribution in [1.82, 2.24) is 16.0 Å². The number of hydrogen-bond donors (Lipinski definition) is 3. The minimum atomic E-state index is -0.490. The predicted molar refractivity (Wildman–Crippen MR) is 93.3 cm³/mol. The summed E-state index contributed by atoms with van der Waals surface area (Å²) < 4.78 is 0. The number of carbonyl (C=O) groups excluding carboxylic acids is 2. The van der Waals surface area contributed by atoms with Crippen molar-refractivity contribution < 1.29 is 9.59 Å². The second-order valence-corrected chi connectivity index (χ2v) is 6.21. The van der Waals surface area contributed by atoms with Crippen molar-refractivity contribution in [1.29, 1.82) is 0 Å². The third kappa shape index (κ3) is 6.02. The molecule has 0 aliphatic carbocycles. The first-order valence-electron chi connectivity index (χ1n) is 8.23. The molecule has 0 aliphatic rings. The summed E-state index contributed by atoms with van der Waals surface area (Å²) in [5.74, 6) is 0.538. The fraction of sp³-hybridized carbons (Fsp3) is 0.556. The Morgan fingerprint density at radius 2 is 1.61 bits per heavy atom. The molecule has 23 heavy (non-hydrogen) atoms. The topological polar surface area (TPSA) is 70.2 Å². The van der Waals surface area contributed by atoms with Crippen LogP contribution in [0.2, 0.25) is 0 Å². The largest absolute Gasteiger partial charge is 0.341 e. The van der Waals surface area contributed by atoms with Crippen molar-refractivity contribution in [3.05, 3.63) is 35.4 Å². The Kier molecular flexibility index (Phi) is 7.75. The van der Waals surface area contributed by atoms with Crippen molar-refractivity contribution >= 4 is 11.9 Å². The van der Waals surface area contributed by atoms with E-state index in [1.807, 2.05) is 0 Å². The average Bonchev–Trinajstić information content (AvgIpc) is 2.54. The lowest BCUT2D eigenvalue weighted by molar-refractivity contribution is -0.119. The lowest BCUT2D eigenvalue weighted by Gasteiger charge is -2.23. The molecule has 1 aromatic rings. The van der Waals surface area contributed by atoms with Gasteiger partial charge in [-0.2, -0.15) is 0 Å². The fourth-order valence-corrected chi connectivity index (χ4v) is 2.44. The molecule has 1 rings (SSSR count). The van der Waals surface area contributed by atoms with Gasteiger partial charge in [-0.1, -0.05) is 52.0 Å². The van der Waals surface area contributed by atoms with Gasteiger partial charge in [-0.05, 0) is 29.4 Å². The van der Waals surface area contributed by atoms with E-state index in [2.05, 4.69) is 67.9 Å². The molecule has 0 bridgehead atoms. The van der Waals surface area contributed by atoms with Crippen LogP contribution in [0.15, 0.2) is 24.3 Å². The Morgan fingerprint density at radius 1 is 1.04 bits per heavy atom. The van der Waals surface area contributed by atoms with E-state index in [1.165, 1.54) is 12.6 Å². The highest BCUT2D eigenvalue weighted by atomic mass is 16.2. The number of benzene rings is 1. The second-order valence-electron chi connectivity index (χ2n) is 6.21. The first-order valence-corrected chi connectivity index (χ1v) is 8.23. The number of carbonyl (C=O) groups is 2. The van der Waals surface area contributed by atoms with Crippen LogP contribution in [0.3, 0.4) is 0 Å². The molecule has 0 radical (unpaired) electrons. The second kappa shape index (κ2) is 9.30. The zero-order valence-corrected chi connectivity index (χ0v) is 14.8. The van der Waals surface area contributed by atoms with Crippen molar-refractivity contribution in [2.75, 3.05) is 13.6 Å². The van der Waals surface area contributed by atoms with Crippen LogP contribution < -0.4 is 16.0 Å². The number of hydrogen-bond acceptors (Lipinski definition) is 3. The highest BCUT2D eigenvalue weighted by Crippen LogP contribution is 2.25. The Balaban J connectivity index is 2.71. The summed E-state index contributed by atoms with van der Waals surface area (Å²) in [6, 6.07) is 8.13. The summed E-state index contributed by atoms with van der Waals surface area (Å²) in [5.41, 5.74) is 2.48. The van der Waals surface area contributed by atoms with Crippen LogP contribution in [0.5, 0.6) is 0 Å². The summed E-state index contributed by atoms with van der Waals surface area (Å²) in [6.45, 7) is 8.72. The molecule has 0 heterocycles. The number of nitrogens with one attached hydrogen (secondary N) is 3. The number of urea groups is 1. The molecular weight excluding hydrogens is 290 g/mol. The van der Waals surface area contributed by atoms with E-state index in [-0.39, 0.29) is 18.5 Å². The van der Waals surface area contributed by atoms with Crippen LogP contribution >= 0.6 is 0 Å². The molecule has 5 nitrogen and oxygen atoms in total. The summed E-state index contributed by atoms with van der Waals surface area (Å²) in [7, 11) is 1.48. The van der Waals surface area contributed by atoms with Crippen LogP contribution in [0.1, 0.15) is 57.2 Å². The number of imide groups is 1. The summed E-state index contributed by atoms with van der Waals surface area (Å²) in [6.07, 6.45) is 1.12. The standard InChI is InChI=1S/C18H29N3O2/c1-6-13(4)14-7-9-15(10-8-14)17(12(2)3)20-11-16(22)21-18(23)19-5/h7-10,12-13,17,20H,6,11H2,1-5H3,(H2,19,21,22,23)/t13-,17+/m0/s1. The molecule has 0 fully saturated rings. The normalized spacial score (nSPS) is 13.5. The molecule has 5 heteroatoms. The molecular formula is C18H29N3O2. The summed E-state index contributed by atoms with van der Waals surface area (Å²) in [5, 5.41) is 7.85. The van der Waals surface area contributed by atoms with Crippen molar-refractivity contribution in [2.45, 2.75) is 46.1 Å². The molecule has 128 valence electrons. The van der Waals surface area contributed by atoms with Gasteiger partial charge in [0.15, 0.2) is 0 Å². The predicted octanol–water partition coefficient (Wildman–Crippen LogP) is 2.94. The minimum absolute atomic E-state index is 0.0661. The van der Waals surface area contributed by atoms with Gasteiger partial charge in [0.1, 0.15) is 0 Å². The maximum atomic E-state index is 11.7. The first-order chi connectivity index (χ1) is 10.9. The van der Waals surface area contributed by atoms with Gasteiger partial charge in [0.25, 0.3) is 0 Å². The van der Waals surface area contributed by atoms with Gasteiger partial charge >= 0.3 is 6.03 Å². The number of amides is 3. The van der Waals surface area contributed by atoms with E-state index in [4.69, 9.17) is 0 Å². The molecule has 3 amide bonds.